The summed E-state index contributed by atoms with van der Waals surface area (Å²) in [6.07, 6.45) is 0. The van der Waals surface area contributed by atoms with Crippen LogP contribution in [-0.4, -0.2) is 41.2 Å². The van der Waals surface area contributed by atoms with Crippen LogP contribution < -0.4 is 5.14 Å². The zero-order valence-electron chi connectivity index (χ0n) is 22.2. The highest BCUT2D eigenvalue weighted by atomic mass is 32.2. The molecular formula is C26H39N5O3S. The van der Waals surface area contributed by atoms with Gasteiger partial charge in [0, 0.05) is 25.6 Å². The van der Waals surface area contributed by atoms with Crippen molar-refractivity contribution in [3.63, 3.8) is 0 Å². The molecule has 0 saturated heterocycles. The van der Waals surface area contributed by atoms with Crippen molar-refractivity contribution in [1.82, 2.24) is 19.1 Å². The minimum atomic E-state index is -3.69. The first kappa shape index (κ1) is 28.5. The van der Waals surface area contributed by atoms with Crippen LogP contribution in [0.3, 0.4) is 0 Å². The molecule has 0 spiro atoms. The number of aromatic nitrogens is 4. The molecule has 0 aliphatic heterocycles. The van der Waals surface area contributed by atoms with Gasteiger partial charge in [-0.25, -0.2) is 23.5 Å². The zero-order chi connectivity index (χ0) is 26.4. The number of ether oxygens (including phenoxy) is 1. The highest BCUT2D eigenvalue weighted by molar-refractivity contribution is 7.89. The van der Waals surface area contributed by atoms with Gasteiger partial charge in [-0.3, -0.25) is 0 Å². The maximum atomic E-state index is 11.4. The van der Waals surface area contributed by atoms with E-state index in [0.717, 1.165) is 42.4 Å². The second kappa shape index (κ2) is 11.8. The largest absolute Gasteiger partial charge is 0.383 e. The number of hydrogen-bond acceptors (Lipinski definition) is 5. The van der Waals surface area contributed by atoms with Crippen molar-refractivity contribution in [3.05, 3.63) is 54.1 Å². The average Bonchev–Trinajstić information content (AvgIpc) is 3.35. The Morgan fingerprint density at radius 2 is 1.60 bits per heavy atom. The van der Waals surface area contributed by atoms with Crippen molar-refractivity contribution in [2.75, 3.05) is 13.7 Å². The minimum absolute atomic E-state index is 0.0983. The summed E-state index contributed by atoms with van der Waals surface area (Å²) in [6.45, 7) is 16.7. The summed E-state index contributed by atoms with van der Waals surface area (Å²) >= 11 is 0. The Hall–Kier alpha value is -2.75. The van der Waals surface area contributed by atoms with Crippen molar-refractivity contribution in [2.45, 2.75) is 71.9 Å². The van der Waals surface area contributed by atoms with E-state index in [1.165, 1.54) is 17.6 Å². The molecule has 9 heteroatoms. The van der Waals surface area contributed by atoms with E-state index in [4.69, 9.17) is 9.88 Å². The molecule has 2 aromatic carbocycles. The summed E-state index contributed by atoms with van der Waals surface area (Å²) in [5.41, 5.74) is 3.73. The topological polar surface area (TPSA) is 105 Å². The Morgan fingerprint density at radius 1 is 0.971 bits per heavy atom. The first-order chi connectivity index (χ1) is 16.5. The molecule has 2 N–H and O–H groups in total. The van der Waals surface area contributed by atoms with Crippen LogP contribution in [0, 0.1) is 6.92 Å². The number of hydrogen-bond donors (Lipinski definition) is 1. The number of nitrogens with two attached hydrogens (primary N) is 1. The standard InChI is InChI=1S/C13H19N3O2S.C11H14N2O.C2H6/c1-5-16-11-7-6-9(19(14,17)18)8-10(11)15-12(16)13(2,3)4;1-9-12-10-5-3-4-6-11(10)13(9)7-8-14-2;1-2/h6-8H,5H2,1-4H3,(H2,14,17,18);3-6H,7-8H2,1-2H3;1-2H3. The van der Waals surface area contributed by atoms with E-state index in [9.17, 15) is 8.42 Å². The van der Waals surface area contributed by atoms with Crippen LogP contribution in [-0.2, 0) is 33.3 Å². The van der Waals surface area contributed by atoms with E-state index in [2.05, 4.69) is 45.9 Å². The molecule has 0 aliphatic rings. The lowest BCUT2D eigenvalue weighted by Gasteiger charge is -2.19. The lowest BCUT2D eigenvalue weighted by atomic mass is 9.96. The smallest absolute Gasteiger partial charge is 0.238 e. The van der Waals surface area contributed by atoms with E-state index in [-0.39, 0.29) is 10.3 Å². The number of fused-ring (bicyclic) bond motifs is 2. The van der Waals surface area contributed by atoms with Gasteiger partial charge in [-0.1, -0.05) is 46.8 Å². The number of imidazole rings is 2. The molecule has 2 heterocycles. The summed E-state index contributed by atoms with van der Waals surface area (Å²) in [5, 5.41) is 5.15. The Kier molecular flexibility index (Phi) is 9.60. The summed E-state index contributed by atoms with van der Waals surface area (Å²) in [4.78, 5) is 9.14. The van der Waals surface area contributed by atoms with Crippen LogP contribution in [0.25, 0.3) is 22.1 Å². The first-order valence-corrected chi connectivity index (χ1v) is 13.5. The van der Waals surface area contributed by atoms with E-state index in [1.807, 2.05) is 45.9 Å². The molecule has 4 aromatic rings. The SMILES string of the molecule is CC.CCn1c(C(C)(C)C)nc2cc(S(N)(=O)=O)ccc21.COCCn1c(C)nc2ccccc21. The monoisotopic (exact) mass is 501 g/mol. The average molecular weight is 502 g/mol. The Labute approximate surface area is 209 Å². The third-order valence-electron chi connectivity index (χ3n) is 5.40. The van der Waals surface area contributed by atoms with Crippen molar-refractivity contribution >= 4 is 32.1 Å². The van der Waals surface area contributed by atoms with E-state index in [0.29, 0.717) is 5.52 Å². The second-order valence-electron chi connectivity index (χ2n) is 8.92. The third kappa shape index (κ3) is 6.68. The normalized spacial score (nSPS) is 11.7. The van der Waals surface area contributed by atoms with Gasteiger partial charge in [-0.2, -0.15) is 0 Å². The van der Waals surface area contributed by atoms with Crippen molar-refractivity contribution in [2.24, 2.45) is 5.14 Å². The molecule has 0 bridgehead atoms. The number of para-hydroxylation sites is 2. The summed E-state index contributed by atoms with van der Waals surface area (Å²) in [5.74, 6) is 1.99. The Morgan fingerprint density at radius 3 is 2.17 bits per heavy atom. The fourth-order valence-corrected chi connectivity index (χ4v) is 4.37. The van der Waals surface area contributed by atoms with E-state index in [1.54, 1.807) is 13.2 Å². The first-order valence-electron chi connectivity index (χ1n) is 11.9. The van der Waals surface area contributed by atoms with Crippen LogP contribution in [0.15, 0.2) is 47.4 Å². The van der Waals surface area contributed by atoms with Crippen molar-refractivity contribution in [3.8, 4) is 0 Å². The molecule has 0 unspecified atom stereocenters. The summed E-state index contributed by atoms with van der Waals surface area (Å²) in [7, 11) is -1.97. The summed E-state index contributed by atoms with van der Waals surface area (Å²) in [6, 6.07) is 13.0. The van der Waals surface area contributed by atoms with Crippen LogP contribution in [0.5, 0.6) is 0 Å². The fourth-order valence-electron chi connectivity index (χ4n) is 3.84. The predicted octanol–water partition coefficient (Wildman–Crippen LogP) is 5.02. The Balaban J connectivity index is 0.000000239. The van der Waals surface area contributed by atoms with Crippen LogP contribution in [0.1, 0.15) is 53.2 Å². The number of sulfonamides is 1. The van der Waals surface area contributed by atoms with Gasteiger partial charge in [-0.05, 0) is 44.2 Å². The van der Waals surface area contributed by atoms with Gasteiger partial charge >= 0.3 is 0 Å². The molecule has 35 heavy (non-hydrogen) atoms. The second-order valence-corrected chi connectivity index (χ2v) is 10.5. The molecular weight excluding hydrogens is 462 g/mol. The predicted molar refractivity (Wildman–Crippen MR) is 143 cm³/mol. The van der Waals surface area contributed by atoms with Crippen LogP contribution >= 0.6 is 0 Å². The maximum absolute atomic E-state index is 11.4. The lowest BCUT2D eigenvalue weighted by molar-refractivity contribution is 0.187. The molecule has 0 fully saturated rings. The Bertz CT molecular complexity index is 1370. The van der Waals surface area contributed by atoms with E-state index < -0.39 is 10.0 Å². The number of benzene rings is 2. The molecule has 8 nitrogen and oxygen atoms in total. The summed E-state index contributed by atoms with van der Waals surface area (Å²) < 4.78 is 32.1. The molecule has 0 aliphatic carbocycles. The molecule has 2 aromatic heterocycles. The fraction of sp³-hybridized carbons (Fsp3) is 0.462. The van der Waals surface area contributed by atoms with Gasteiger partial charge in [0.05, 0.1) is 33.6 Å². The van der Waals surface area contributed by atoms with Gasteiger partial charge in [-0.15, -0.1) is 0 Å². The molecule has 0 saturated carbocycles. The quantitative estimate of drug-likeness (QED) is 0.413. The third-order valence-corrected chi connectivity index (χ3v) is 6.31. The maximum Gasteiger partial charge on any atom is 0.238 e. The molecule has 4 rings (SSSR count). The number of methoxy groups -OCH3 is 1. The number of primary sulfonamides is 1. The van der Waals surface area contributed by atoms with E-state index >= 15 is 0 Å². The highest BCUT2D eigenvalue weighted by Crippen LogP contribution is 2.27. The number of rotatable bonds is 5. The van der Waals surface area contributed by atoms with Gasteiger partial charge in [0.2, 0.25) is 10.0 Å². The van der Waals surface area contributed by atoms with Gasteiger partial charge in [0.15, 0.2) is 0 Å². The van der Waals surface area contributed by atoms with Crippen LogP contribution in [0.2, 0.25) is 0 Å². The number of aryl methyl sites for hydroxylation is 2. The highest BCUT2D eigenvalue weighted by Gasteiger charge is 2.23. The lowest BCUT2D eigenvalue weighted by Crippen LogP contribution is -2.18. The molecule has 0 atom stereocenters. The van der Waals surface area contributed by atoms with Crippen molar-refractivity contribution in [1.29, 1.82) is 0 Å². The number of nitrogens with zero attached hydrogens (tertiary/aromatic N) is 4. The molecule has 0 amide bonds. The molecule has 192 valence electrons. The van der Waals surface area contributed by atoms with Crippen LogP contribution in [0.4, 0.5) is 0 Å². The minimum Gasteiger partial charge on any atom is -0.383 e. The van der Waals surface area contributed by atoms with Crippen molar-refractivity contribution < 1.29 is 13.2 Å². The zero-order valence-corrected chi connectivity index (χ0v) is 23.0. The van der Waals surface area contributed by atoms with Gasteiger partial charge < -0.3 is 13.9 Å². The molecule has 0 radical (unpaired) electrons. The van der Waals surface area contributed by atoms with Gasteiger partial charge in [0.1, 0.15) is 11.6 Å². The van der Waals surface area contributed by atoms with Gasteiger partial charge in [0.25, 0.3) is 0 Å².